The first kappa shape index (κ1) is 10.7. The molecule has 88 valence electrons. The Morgan fingerprint density at radius 2 is 2.12 bits per heavy atom. The lowest BCUT2D eigenvalue weighted by atomic mass is 9.70. The van der Waals surface area contributed by atoms with Crippen LogP contribution in [0.2, 0.25) is 0 Å². The molecule has 1 saturated heterocycles. The lowest BCUT2D eigenvalue weighted by Gasteiger charge is -2.37. The van der Waals surface area contributed by atoms with Gasteiger partial charge in [-0.1, -0.05) is 13.3 Å². The second-order valence-corrected chi connectivity index (χ2v) is 6.56. The summed E-state index contributed by atoms with van der Waals surface area (Å²) in [6, 6.07) is 0. The van der Waals surface area contributed by atoms with E-state index in [0.29, 0.717) is 5.41 Å². The van der Waals surface area contributed by atoms with Gasteiger partial charge < -0.3 is 5.32 Å². The normalized spacial score (nSPS) is 25.3. The quantitative estimate of drug-likeness (QED) is 0.853. The molecule has 2 heterocycles. The van der Waals surface area contributed by atoms with Crippen molar-refractivity contribution in [2.24, 2.45) is 0 Å². The fourth-order valence-electron chi connectivity index (χ4n) is 2.78. The number of nitrogens with one attached hydrogen (secondary N) is 1. The number of hydrogen-bond acceptors (Lipinski definition) is 3. The first-order valence-corrected chi connectivity index (χ1v) is 7.26. The van der Waals surface area contributed by atoms with Gasteiger partial charge in [-0.2, -0.15) is 0 Å². The van der Waals surface area contributed by atoms with Gasteiger partial charge in [0.25, 0.3) is 0 Å². The summed E-state index contributed by atoms with van der Waals surface area (Å²) in [7, 11) is 0. The molecular weight excluding hydrogens is 216 g/mol. The molecule has 0 atom stereocenters. The van der Waals surface area contributed by atoms with E-state index in [9.17, 15) is 0 Å². The number of nitrogens with zero attached hydrogens (tertiary/aromatic N) is 1. The Morgan fingerprint density at radius 1 is 1.38 bits per heavy atom. The third kappa shape index (κ3) is 1.80. The molecule has 0 bridgehead atoms. The van der Waals surface area contributed by atoms with Crippen molar-refractivity contribution in [1.29, 1.82) is 0 Å². The largest absolute Gasteiger partial charge is 0.317 e. The van der Waals surface area contributed by atoms with Gasteiger partial charge in [0.05, 0.1) is 5.01 Å². The second kappa shape index (κ2) is 4.11. The van der Waals surface area contributed by atoms with Crippen molar-refractivity contribution in [2.45, 2.75) is 50.4 Å². The molecule has 2 fully saturated rings. The summed E-state index contributed by atoms with van der Waals surface area (Å²) in [4.78, 5) is 6.21. The molecule has 1 N–H and O–H groups in total. The van der Waals surface area contributed by atoms with Gasteiger partial charge in [0.2, 0.25) is 0 Å². The molecular formula is C13H20N2S. The van der Waals surface area contributed by atoms with E-state index < -0.39 is 0 Å². The van der Waals surface area contributed by atoms with E-state index in [2.05, 4.69) is 23.4 Å². The van der Waals surface area contributed by atoms with Crippen LogP contribution in [0.15, 0.2) is 6.20 Å². The minimum absolute atomic E-state index is 0.475. The molecule has 0 radical (unpaired) electrons. The average Bonchev–Trinajstić information content (AvgIpc) is 2.77. The molecule has 0 spiro atoms. The molecule has 3 rings (SSSR count). The number of thiazole rings is 1. The van der Waals surface area contributed by atoms with E-state index in [-0.39, 0.29) is 0 Å². The van der Waals surface area contributed by atoms with Crippen molar-refractivity contribution in [3.63, 3.8) is 0 Å². The third-order valence-corrected chi connectivity index (χ3v) is 5.73. The van der Waals surface area contributed by atoms with Crippen molar-refractivity contribution >= 4 is 11.3 Å². The van der Waals surface area contributed by atoms with E-state index in [1.165, 1.54) is 42.0 Å². The van der Waals surface area contributed by atoms with Crippen LogP contribution in [0.4, 0.5) is 0 Å². The lowest BCUT2D eigenvalue weighted by Crippen LogP contribution is -2.29. The number of rotatable bonds is 2. The minimum Gasteiger partial charge on any atom is -0.317 e. The molecule has 3 heteroatoms. The van der Waals surface area contributed by atoms with Gasteiger partial charge in [-0.25, -0.2) is 4.98 Å². The highest BCUT2D eigenvalue weighted by molar-refractivity contribution is 7.11. The first-order valence-electron chi connectivity index (χ1n) is 6.45. The predicted molar refractivity (Wildman–Crippen MR) is 68.2 cm³/mol. The third-order valence-electron chi connectivity index (χ3n) is 4.26. The van der Waals surface area contributed by atoms with Gasteiger partial charge in [0.15, 0.2) is 0 Å². The van der Waals surface area contributed by atoms with E-state index in [1.54, 1.807) is 0 Å². The Morgan fingerprint density at radius 3 is 2.75 bits per heavy atom. The zero-order valence-electron chi connectivity index (χ0n) is 9.96. The van der Waals surface area contributed by atoms with E-state index in [1.807, 2.05) is 11.3 Å². The van der Waals surface area contributed by atoms with Crippen LogP contribution in [0, 0.1) is 0 Å². The SMILES string of the molecule is CC1(c2cnc(C3CCNCC3)s2)CCC1. The van der Waals surface area contributed by atoms with Gasteiger partial charge in [-0.05, 0) is 38.8 Å². The molecule has 1 aromatic heterocycles. The Hall–Kier alpha value is -0.410. The Kier molecular flexibility index (Phi) is 2.76. The zero-order valence-corrected chi connectivity index (χ0v) is 10.8. The maximum Gasteiger partial charge on any atom is 0.0959 e. The summed E-state index contributed by atoms with van der Waals surface area (Å²) >= 11 is 1.98. The number of piperidine rings is 1. The van der Waals surface area contributed by atoms with Gasteiger partial charge in [0.1, 0.15) is 0 Å². The summed E-state index contributed by atoms with van der Waals surface area (Å²) in [6.45, 7) is 4.73. The van der Waals surface area contributed by atoms with E-state index in [0.717, 1.165) is 19.0 Å². The van der Waals surface area contributed by atoms with Crippen LogP contribution in [-0.2, 0) is 5.41 Å². The summed E-state index contributed by atoms with van der Waals surface area (Å²) < 4.78 is 0. The molecule has 0 unspecified atom stereocenters. The summed E-state index contributed by atoms with van der Waals surface area (Å²) in [5.74, 6) is 0.726. The molecule has 0 amide bonds. The van der Waals surface area contributed by atoms with Crippen LogP contribution in [0.1, 0.15) is 54.8 Å². The van der Waals surface area contributed by atoms with Crippen molar-refractivity contribution in [1.82, 2.24) is 10.3 Å². The van der Waals surface area contributed by atoms with Crippen molar-refractivity contribution in [2.75, 3.05) is 13.1 Å². The maximum atomic E-state index is 4.68. The molecule has 1 aliphatic heterocycles. The molecule has 2 aliphatic rings. The highest BCUT2D eigenvalue weighted by Crippen LogP contribution is 2.46. The molecule has 16 heavy (non-hydrogen) atoms. The van der Waals surface area contributed by atoms with E-state index >= 15 is 0 Å². The molecule has 0 aromatic carbocycles. The van der Waals surface area contributed by atoms with Crippen LogP contribution in [0.3, 0.4) is 0 Å². The van der Waals surface area contributed by atoms with Gasteiger partial charge in [-0.3, -0.25) is 0 Å². The summed E-state index contributed by atoms with van der Waals surface area (Å²) in [6.07, 6.45) is 8.81. The van der Waals surface area contributed by atoms with Crippen LogP contribution in [0.25, 0.3) is 0 Å². The van der Waals surface area contributed by atoms with Crippen molar-refractivity contribution in [3.05, 3.63) is 16.1 Å². The highest BCUT2D eigenvalue weighted by atomic mass is 32.1. The Balaban J connectivity index is 1.76. The number of aromatic nitrogens is 1. The van der Waals surface area contributed by atoms with Crippen LogP contribution >= 0.6 is 11.3 Å². The van der Waals surface area contributed by atoms with Gasteiger partial charge >= 0.3 is 0 Å². The van der Waals surface area contributed by atoms with Crippen LogP contribution in [-0.4, -0.2) is 18.1 Å². The molecule has 1 aliphatic carbocycles. The fourth-order valence-corrected chi connectivity index (χ4v) is 4.07. The molecule has 1 aromatic rings. The van der Waals surface area contributed by atoms with Crippen LogP contribution in [0.5, 0.6) is 0 Å². The second-order valence-electron chi connectivity index (χ2n) is 5.50. The molecule has 2 nitrogen and oxygen atoms in total. The fraction of sp³-hybridized carbons (Fsp3) is 0.769. The monoisotopic (exact) mass is 236 g/mol. The van der Waals surface area contributed by atoms with Crippen molar-refractivity contribution in [3.8, 4) is 0 Å². The summed E-state index contributed by atoms with van der Waals surface area (Å²) in [5.41, 5.74) is 0.475. The average molecular weight is 236 g/mol. The zero-order chi connectivity index (χ0) is 11.0. The smallest absolute Gasteiger partial charge is 0.0959 e. The van der Waals surface area contributed by atoms with Crippen molar-refractivity contribution < 1.29 is 0 Å². The van der Waals surface area contributed by atoms with Crippen LogP contribution < -0.4 is 5.32 Å². The number of hydrogen-bond donors (Lipinski definition) is 1. The predicted octanol–water partition coefficient (Wildman–Crippen LogP) is 3.05. The van der Waals surface area contributed by atoms with E-state index in [4.69, 9.17) is 0 Å². The lowest BCUT2D eigenvalue weighted by molar-refractivity contribution is 0.277. The first-order chi connectivity index (χ1) is 7.78. The van der Waals surface area contributed by atoms with Gasteiger partial charge in [0, 0.05) is 22.4 Å². The highest BCUT2D eigenvalue weighted by Gasteiger charge is 2.35. The molecule has 1 saturated carbocycles. The standard InChI is InChI=1S/C13H20N2S/c1-13(5-2-6-13)11-9-15-12(16-11)10-3-7-14-8-4-10/h9-10,14H,2-8H2,1H3. The Labute approximate surface area is 101 Å². The minimum atomic E-state index is 0.475. The maximum absolute atomic E-state index is 4.68. The Bertz CT molecular complexity index is 362. The van der Waals surface area contributed by atoms with Gasteiger partial charge in [-0.15, -0.1) is 11.3 Å². The summed E-state index contributed by atoms with van der Waals surface area (Å²) in [5, 5.41) is 4.81. The topological polar surface area (TPSA) is 24.9 Å².